The topological polar surface area (TPSA) is 24.5 Å². The van der Waals surface area contributed by atoms with Crippen LogP contribution < -0.4 is 5.32 Å². The van der Waals surface area contributed by atoms with E-state index in [-0.39, 0.29) is 0 Å². The molecule has 1 aliphatic carbocycles. The molecule has 1 heterocycles. The minimum absolute atomic E-state index is 0.486. The smallest absolute Gasteiger partial charge is 0.0726 e. The average molecular weight is 198 g/mol. The van der Waals surface area contributed by atoms with Crippen LogP contribution in [0.25, 0.3) is 0 Å². The van der Waals surface area contributed by atoms with E-state index >= 15 is 0 Å². The van der Waals surface area contributed by atoms with Crippen LogP contribution in [0.2, 0.25) is 0 Å². The predicted octanol–water partition coefficient (Wildman–Crippen LogP) is 0.848. The summed E-state index contributed by atoms with van der Waals surface area (Å²) in [4.78, 5) is 2.61. The summed E-state index contributed by atoms with van der Waals surface area (Å²) in [5.74, 6) is 0. The second-order valence-electron chi connectivity index (χ2n) is 4.62. The molecule has 0 aromatic heterocycles. The first kappa shape index (κ1) is 10.4. The Labute approximate surface area is 86.8 Å². The zero-order valence-electron chi connectivity index (χ0n) is 9.33. The highest BCUT2D eigenvalue weighted by molar-refractivity contribution is 4.89. The first-order valence-corrected chi connectivity index (χ1v) is 5.81. The van der Waals surface area contributed by atoms with Gasteiger partial charge in [0.2, 0.25) is 0 Å². The summed E-state index contributed by atoms with van der Waals surface area (Å²) < 4.78 is 5.55. The molecular formula is C11H22N2O. The van der Waals surface area contributed by atoms with Gasteiger partial charge in [0.15, 0.2) is 0 Å². The van der Waals surface area contributed by atoms with Crippen molar-refractivity contribution in [3.05, 3.63) is 0 Å². The van der Waals surface area contributed by atoms with Gasteiger partial charge < -0.3 is 10.1 Å². The molecule has 14 heavy (non-hydrogen) atoms. The SMILES string of the molecule is COC1CCCC1N1CCNC(C)C1. The van der Waals surface area contributed by atoms with Gasteiger partial charge in [-0.2, -0.15) is 0 Å². The van der Waals surface area contributed by atoms with E-state index in [9.17, 15) is 0 Å². The van der Waals surface area contributed by atoms with Crippen LogP contribution in [-0.4, -0.2) is 49.8 Å². The Hall–Kier alpha value is -0.120. The van der Waals surface area contributed by atoms with E-state index in [1.165, 1.54) is 32.4 Å². The summed E-state index contributed by atoms with van der Waals surface area (Å²) >= 11 is 0. The van der Waals surface area contributed by atoms with E-state index in [4.69, 9.17) is 4.74 Å². The predicted molar refractivity (Wildman–Crippen MR) is 57.5 cm³/mol. The standard InChI is InChI=1S/C11H22N2O/c1-9-8-13(7-6-12-9)10-4-3-5-11(10)14-2/h9-12H,3-8H2,1-2H3. The molecule has 0 bridgehead atoms. The van der Waals surface area contributed by atoms with Crippen LogP contribution >= 0.6 is 0 Å². The number of rotatable bonds is 2. The van der Waals surface area contributed by atoms with Crippen molar-refractivity contribution in [1.82, 2.24) is 10.2 Å². The molecule has 2 rings (SSSR count). The molecule has 2 fully saturated rings. The highest BCUT2D eigenvalue weighted by atomic mass is 16.5. The Bertz CT molecular complexity index is 186. The molecule has 3 nitrogen and oxygen atoms in total. The number of nitrogens with one attached hydrogen (secondary N) is 1. The fraction of sp³-hybridized carbons (Fsp3) is 1.00. The van der Waals surface area contributed by atoms with Gasteiger partial charge >= 0.3 is 0 Å². The van der Waals surface area contributed by atoms with E-state index in [0.717, 1.165) is 6.54 Å². The Morgan fingerprint density at radius 2 is 2.21 bits per heavy atom. The second kappa shape index (κ2) is 4.60. The molecule has 0 radical (unpaired) electrons. The number of hydrogen-bond acceptors (Lipinski definition) is 3. The summed E-state index contributed by atoms with van der Waals surface area (Å²) in [5, 5.41) is 3.49. The lowest BCUT2D eigenvalue weighted by molar-refractivity contribution is 0.0224. The van der Waals surface area contributed by atoms with Gasteiger partial charge in [0.05, 0.1) is 6.10 Å². The van der Waals surface area contributed by atoms with Crippen molar-refractivity contribution < 1.29 is 4.74 Å². The normalized spacial score (nSPS) is 40.3. The third-order valence-electron chi connectivity index (χ3n) is 3.59. The number of methoxy groups -OCH3 is 1. The maximum atomic E-state index is 5.55. The summed E-state index contributed by atoms with van der Waals surface area (Å²) in [6.07, 6.45) is 4.40. The molecule has 82 valence electrons. The van der Waals surface area contributed by atoms with Crippen LogP contribution in [0, 0.1) is 0 Å². The van der Waals surface area contributed by atoms with Crippen molar-refractivity contribution in [2.24, 2.45) is 0 Å². The fourth-order valence-electron chi connectivity index (χ4n) is 2.86. The summed E-state index contributed by atoms with van der Waals surface area (Å²) in [6.45, 7) is 5.77. The number of piperazine rings is 1. The van der Waals surface area contributed by atoms with Crippen LogP contribution in [0.1, 0.15) is 26.2 Å². The largest absolute Gasteiger partial charge is 0.380 e. The maximum Gasteiger partial charge on any atom is 0.0726 e. The minimum Gasteiger partial charge on any atom is -0.380 e. The molecule has 3 atom stereocenters. The van der Waals surface area contributed by atoms with Gasteiger partial charge in [-0.1, -0.05) is 0 Å². The first-order chi connectivity index (χ1) is 6.81. The molecular weight excluding hydrogens is 176 g/mol. The highest BCUT2D eigenvalue weighted by Gasteiger charge is 2.33. The van der Waals surface area contributed by atoms with Gasteiger partial charge in [-0.15, -0.1) is 0 Å². The van der Waals surface area contributed by atoms with Crippen LogP contribution in [0.3, 0.4) is 0 Å². The van der Waals surface area contributed by atoms with Gasteiger partial charge in [0, 0.05) is 38.8 Å². The average Bonchev–Trinajstić information content (AvgIpc) is 2.65. The third-order valence-corrected chi connectivity index (χ3v) is 3.59. The van der Waals surface area contributed by atoms with E-state index in [2.05, 4.69) is 17.1 Å². The maximum absolute atomic E-state index is 5.55. The molecule has 3 heteroatoms. The van der Waals surface area contributed by atoms with Crippen molar-refractivity contribution in [2.45, 2.75) is 44.4 Å². The molecule has 0 spiro atoms. The van der Waals surface area contributed by atoms with Gasteiger partial charge in [0.1, 0.15) is 0 Å². The van der Waals surface area contributed by atoms with Gasteiger partial charge in [-0.05, 0) is 26.2 Å². The summed E-state index contributed by atoms with van der Waals surface area (Å²) in [7, 11) is 1.86. The van der Waals surface area contributed by atoms with Crippen LogP contribution in [-0.2, 0) is 4.74 Å². The Morgan fingerprint density at radius 1 is 1.36 bits per heavy atom. The summed E-state index contributed by atoms with van der Waals surface area (Å²) in [6, 6.07) is 1.33. The Balaban J connectivity index is 1.92. The van der Waals surface area contributed by atoms with E-state index in [1.54, 1.807) is 0 Å². The lowest BCUT2D eigenvalue weighted by Gasteiger charge is -2.38. The molecule has 3 unspecified atom stereocenters. The molecule has 0 aromatic carbocycles. The minimum atomic E-state index is 0.486. The zero-order chi connectivity index (χ0) is 9.97. The number of ether oxygens (including phenoxy) is 1. The van der Waals surface area contributed by atoms with Gasteiger partial charge in [-0.25, -0.2) is 0 Å². The van der Waals surface area contributed by atoms with E-state index in [0.29, 0.717) is 18.2 Å². The van der Waals surface area contributed by atoms with Crippen molar-refractivity contribution in [1.29, 1.82) is 0 Å². The zero-order valence-corrected chi connectivity index (χ0v) is 9.33. The van der Waals surface area contributed by atoms with Crippen LogP contribution in [0.5, 0.6) is 0 Å². The molecule has 0 aromatic rings. The van der Waals surface area contributed by atoms with Crippen molar-refractivity contribution in [2.75, 3.05) is 26.7 Å². The van der Waals surface area contributed by atoms with Gasteiger partial charge in [-0.3, -0.25) is 4.90 Å². The molecule has 1 saturated carbocycles. The van der Waals surface area contributed by atoms with E-state index < -0.39 is 0 Å². The Kier molecular flexibility index (Phi) is 3.42. The lowest BCUT2D eigenvalue weighted by atomic mass is 10.1. The summed E-state index contributed by atoms with van der Waals surface area (Å²) in [5.41, 5.74) is 0. The van der Waals surface area contributed by atoms with Crippen molar-refractivity contribution >= 4 is 0 Å². The van der Waals surface area contributed by atoms with Gasteiger partial charge in [0.25, 0.3) is 0 Å². The highest BCUT2D eigenvalue weighted by Crippen LogP contribution is 2.26. The molecule has 1 saturated heterocycles. The van der Waals surface area contributed by atoms with E-state index in [1.807, 2.05) is 7.11 Å². The van der Waals surface area contributed by atoms with Crippen LogP contribution in [0.4, 0.5) is 0 Å². The molecule has 0 amide bonds. The molecule has 1 N–H and O–H groups in total. The van der Waals surface area contributed by atoms with Crippen molar-refractivity contribution in [3.63, 3.8) is 0 Å². The first-order valence-electron chi connectivity index (χ1n) is 5.81. The third kappa shape index (κ3) is 2.10. The second-order valence-corrected chi connectivity index (χ2v) is 4.62. The number of nitrogens with zero attached hydrogens (tertiary/aromatic N) is 1. The van der Waals surface area contributed by atoms with Crippen LogP contribution in [0.15, 0.2) is 0 Å². The number of hydrogen-bond donors (Lipinski definition) is 1. The molecule has 1 aliphatic heterocycles. The van der Waals surface area contributed by atoms with Crippen molar-refractivity contribution in [3.8, 4) is 0 Å². The fourth-order valence-corrected chi connectivity index (χ4v) is 2.86. The Morgan fingerprint density at radius 3 is 2.93 bits per heavy atom. The quantitative estimate of drug-likeness (QED) is 0.712. The lowest BCUT2D eigenvalue weighted by Crippen LogP contribution is -2.54. The monoisotopic (exact) mass is 198 g/mol. The molecule has 2 aliphatic rings.